The van der Waals surface area contributed by atoms with E-state index in [1.807, 2.05) is 12.1 Å². The van der Waals surface area contributed by atoms with Crippen LogP contribution in [0, 0.1) is 0 Å². The Kier molecular flexibility index (Phi) is 6.80. The van der Waals surface area contributed by atoms with Crippen molar-refractivity contribution >= 4 is 33.4 Å². The molecule has 2 aromatic carbocycles. The lowest BCUT2D eigenvalue weighted by atomic mass is 10.2. The number of halogens is 1. The topological polar surface area (TPSA) is 93.5 Å². The molecule has 0 aliphatic rings. The Morgan fingerprint density at radius 2 is 1.83 bits per heavy atom. The summed E-state index contributed by atoms with van der Waals surface area (Å²) in [5.74, 6) is 0.461. The van der Waals surface area contributed by atoms with Gasteiger partial charge < -0.3 is 19.9 Å². The summed E-state index contributed by atoms with van der Waals surface area (Å²) in [4.78, 5) is 24.0. The Labute approximate surface area is 175 Å². The molecular weight excluding hydrogens is 438 g/mol. The van der Waals surface area contributed by atoms with Gasteiger partial charge in [-0.2, -0.15) is 0 Å². The highest BCUT2D eigenvalue weighted by molar-refractivity contribution is 9.10. The van der Waals surface area contributed by atoms with Crippen molar-refractivity contribution in [3.8, 4) is 5.75 Å². The predicted octanol–water partition coefficient (Wildman–Crippen LogP) is 4.18. The highest BCUT2D eigenvalue weighted by Gasteiger charge is 2.12. The standard InChI is InChI=1S/C21H18BrN3O4/c1-2-11-23-21(27)19-12-18(29-25-19)13-28-17-9-7-16(8-10-17)24-20(26)14-3-5-15(22)6-4-14/h2-10,12H,1,11,13H2,(H,23,27)(H,24,26). The van der Waals surface area contributed by atoms with Crippen LogP contribution in [0.15, 0.2) is 76.2 Å². The van der Waals surface area contributed by atoms with Crippen molar-refractivity contribution in [2.24, 2.45) is 0 Å². The molecule has 1 aromatic heterocycles. The van der Waals surface area contributed by atoms with E-state index in [-0.39, 0.29) is 24.1 Å². The average molecular weight is 456 g/mol. The normalized spacial score (nSPS) is 10.2. The number of nitrogens with one attached hydrogen (secondary N) is 2. The summed E-state index contributed by atoms with van der Waals surface area (Å²) < 4.78 is 11.6. The number of aromatic nitrogens is 1. The molecule has 29 heavy (non-hydrogen) atoms. The molecule has 0 aliphatic carbocycles. The number of anilines is 1. The van der Waals surface area contributed by atoms with E-state index in [9.17, 15) is 9.59 Å². The van der Waals surface area contributed by atoms with E-state index in [2.05, 4.69) is 38.3 Å². The molecule has 0 radical (unpaired) electrons. The smallest absolute Gasteiger partial charge is 0.273 e. The number of amides is 2. The van der Waals surface area contributed by atoms with Crippen LogP contribution in [0.5, 0.6) is 5.75 Å². The number of ether oxygens (including phenoxy) is 1. The number of nitrogens with zero attached hydrogens (tertiary/aromatic N) is 1. The van der Waals surface area contributed by atoms with Crippen molar-refractivity contribution in [2.45, 2.75) is 6.61 Å². The van der Waals surface area contributed by atoms with Crippen molar-refractivity contribution in [1.82, 2.24) is 10.5 Å². The van der Waals surface area contributed by atoms with E-state index in [4.69, 9.17) is 9.26 Å². The maximum atomic E-state index is 12.2. The fraction of sp³-hybridized carbons (Fsp3) is 0.0952. The van der Waals surface area contributed by atoms with Gasteiger partial charge in [-0.15, -0.1) is 6.58 Å². The number of benzene rings is 2. The second-order valence-electron chi connectivity index (χ2n) is 5.95. The molecule has 0 unspecified atom stereocenters. The van der Waals surface area contributed by atoms with E-state index >= 15 is 0 Å². The summed E-state index contributed by atoms with van der Waals surface area (Å²) in [5, 5.41) is 9.15. The number of hydrogen-bond acceptors (Lipinski definition) is 5. The molecule has 0 fully saturated rings. The molecule has 3 aromatic rings. The molecule has 0 atom stereocenters. The maximum absolute atomic E-state index is 12.2. The van der Waals surface area contributed by atoms with Gasteiger partial charge in [-0.05, 0) is 48.5 Å². The first-order valence-corrected chi connectivity index (χ1v) is 9.49. The van der Waals surface area contributed by atoms with Crippen molar-refractivity contribution < 1.29 is 18.8 Å². The van der Waals surface area contributed by atoms with Gasteiger partial charge in [0.2, 0.25) is 0 Å². The first-order valence-electron chi connectivity index (χ1n) is 8.69. The van der Waals surface area contributed by atoms with Crippen LogP contribution in [0.25, 0.3) is 0 Å². The van der Waals surface area contributed by atoms with E-state index in [1.54, 1.807) is 42.5 Å². The zero-order chi connectivity index (χ0) is 20.6. The van der Waals surface area contributed by atoms with E-state index in [0.717, 1.165) is 4.47 Å². The molecule has 148 valence electrons. The Balaban J connectivity index is 1.52. The Morgan fingerprint density at radius 3 is 2.52 bits per heavy atom. The lowest BCUT2D eigenvalue weighted by Crippen LogP contribution is -2.23. The average Bonchev–Trinajstić information content (AvgIpc) is 3.21. The molecule has 0 saturated heterocycles. The number of hydrogen-bond donors (Lipinski definition) is 2. The lowest BCUT2D eigenvalue weighted by molar-refractivity contribution is 0.0947. The molecule has 0 saturated carbocycles. The summed E-state index contributed by atoms with van der Waals surface area (Å²) in [5.41, 5.74) is 1.38. The number of rotatable bonds is 8. The van der Waals surface area contributed by atoms with Crippen LogP contribution in [0.2, 0.25) is 0 Å². The first kappa shape index (κ1) is 20.3. The largest absolute Gasteiger partial charge is 0.486 e. The van der Waals surface area contributed by atoms with Gasteiger partial charge in [0, 0.05) is 28.3 Å². The molecule has 0 bridgehead atoms. The summed E-state index contributed by atoms with van der Waals surface area (Å²) in [6, 6.07) is 15.5. The van der Waals surface area contributed by atoms with Gasteiger partial charge in [0.05, 0.1) is 0 Å². The number of carbonyl (C=O) groups excluding carboxylic acids is 2. The van der Waals surface area contributed by atoms with Gasteiger partial charge in [-0.25, -0.2) is 0 Å². The van der Waals surface area contributed by atoms with Crippen LogP contribution in [0.3, 0.4) is 0 Å². The van der Waals surface area contributed by atoms with Crippen LogP contribution in [-0.2, 0) is 6.61 Å². The summed E-state index contributed by atoms with van der Waals surface area (Å²) in [6.45, 7) is 4.00. The van der Waals surface area contributed by atoms with Crippen LogP contribution in [-0.4, -0.2) is 23.5 Å². The van der Waals surface area contributed by atoms with Crippen LogP contribution in [0.4, 0.5) is 5.69 Å². The molecule has 3 rings (SSSR count). The Morgan fingerprint density at radius 1 is 1.10 bits per heavy atom. The van der Waals surface area contributed by atoms with E-state index < -0.39 is 0 Å². The lowest BCUT2D eigenvalue weighted by Gasteiger charge is -2.07. The van der Waals surface area contributed by atoms with Gasteiger partial charge in [-0.1, -0.05) is 27.2 Å². The molecule has 8 heteroatoms. The second kappa shape index (κ2) is 9.70. The van der Waals surface area contributed by atoms with Gasteiger partial charge in [0.15, 0.2) is 11.5 Å². The quantitative estimate of drug-likeness (QED) is 0.496. The first-order chi connectivity index (χ1) is 14.0. The third-order valence-corrected chi connectivity index (χ3v) is 4.33. The Hall–Kier alpha value is -3.39. The fourth-order valence-electron chi connectivity index (χ4n) is 2.34. The molecule has 7 nitrogen and oxygen atoms in total. The van der Waals surface area contributed by atoms with Crippen molar-refractivity contribution in [2.75, 3.05) is 11.9 Å². The van der Waals surface area contributed by atoms with Crippen LogP contribution < -0.4 is 15.4 Å². The minimum atomic E-state index is -0.342. The molecular formula is C21H18BrN3O4. The van der Waals surface area contributed by atoms with Gasteiger partial charge in [-0.3, -0.25) is 9.59 Å². The summed E-state index contributed by atoms with van der Waals surface area (Å²) in [7, 11) is 0. The highest BCUT2D eigenvalue weighted by Crippen LogP contribution is 2.19. The van der Waals surface area contributed by atoms with E-state index in [0.29, 0.717) is 29.3 Å². The number of carbonyl (C=O) groups is 2. The highest BCUT2D eigenvalue weighted by atomic mass is 79.9. The second-order valence-corrected chi connectivity index (χ2v) is 6.87. The molecule has 0 spiro atoms. The minimum Gasteiger partial charge on any atom is -0.486 e. The summed E-state index contributed by atoms with van der Waals surface area (Å²) >= 11 is 3.34. The molecule has 1 heterocycles. The van der Waals surface area contributed by atoms with Gasteiger partial charge in [0.1, 0.15) is 12.4 Å². The van der Waals surface area contributed by atoms with Crippen LogP contribution in [0.1, 0.15) is 26.6 Å². The third kappa shape index (κ3) is 5.79. The fourth-order valence-corrected chi connectivity index (χ4v) is 2.60. The van der Waals surface area contributed by atoms with Crippen molar-refractivity contribution in [3.63, 3.8) is 0 Å². The third-order valence-electron chi connectivity index (χ3n) is 3.80. The summed E-state index contributed by atoms with van der Waals surface area (Å²) in [6.07, 6.45) is 1.58. The van der Waals surface area contributed by atoms with Crippen molar-refractivity contribution in [1.29, 1.82) is 0 Å². The van der Waals surface area contributed by atoms with Crippen LogP contribution >= 0.6 is 15.9 Å². The SMILES string of the molecule is C=CCNC(=O)c1cc(COc2ccc(NC(=O)c3ccc(Br)cc3)cc2)on1. The molecule has 0 aliphatic heterocycles. The maximum Gasteiger partial charge on any atom is 0.273 e. The predicted molar refractivity (Wildman–Crippen MR) is 112 cm³/mol. The van der Waals surface area contributed by atoms with E-state index in [1.165, 1.54) is 6.07 Å². The monoisotopic (exact) mass is 455 g/mol. The molecule has 2 N–H and O–H groups in total. The van der Waals surface area contributed by atoms with Gasteiger partial charge in [0.25, 0.3) is 11.8 Å². The molecule has 2 amide bonds. The van der Waals surface area contributed by atoms with Gasteiger partial charge >= 0.3 is 0 Å². The zero-order valence-electron chi connectivity index (χ0n) is 15.4. The minimum absolute atomic E-state index is 0.117. The Bertz CT molecular complexity index is 998. The zero-order valence-corrected chi connectivity index (χ0v) is 16.9. The van der Waals surface area contributed by atoms with Crippen molar-refractivity contribution in [3.05, 3.63) is 88.7 Å².